The first-order valence-electron chi connectivity index (χ1n) is 10.9. The Labute approximate surface area is 203 Å². The van der Waals surface area contributed by atoms with Gasteiger partial charge in [0.1, 0.15) is 12.4 Å². The number of hydrogen-bond donors (Lipinski definition) is 2. The lowest BCUT2D eigenvalue weighted by Gasteiger charge is -2.14. The zero-order valence-electron chi connectivity index (χ0n) is 19.6. The van der Waals surface area contributed by atoms with Crippen molar-refractivity contribution in [2.24, 2.45) is 14.1 Å². The van der Waals surface area contributed by atoms with Crippen molar-refractivity contribution in [1.29, 1.82) is 0 Å². The van der Waals surface area contributed by atoms with E-state index in [0.29, 0.717) is 22.3 Å². The van der Waals surface area contributed by atoms with Crippen LogP contribution in [0.4, 0.5) is 5.69 Å². The number of ether oxygens (including phenoxy) is 1. The molecular formula is C25H26N4O5S. The molecule has 0 bridgehead atoms. The second kappa shape index (κ2) is 9.67. The fourth-order valence-corrected chi connectivity index (χ4v) is 5.16. The fourth-order valence-electron chi connectivity index (χ4n) is 3.84. The van der Waals surface area contributed by atoms with Gasteiger partial charge in [-0.3, -0.25) is 18.7 Å². The number of benzene rings is 3. The smallest absolute Gasteiger partial charge is 0.328 e. The van der Waals surface area contributed by atoms with E-state index in [-0.39, 0.29) is 35.0 Å². The predicted octanol–water partition coefficient (Wildman–Crippen LogP) is 2.80. The number of nitrogens with one attached hydrogen (secondary N) is 2. The second-order valence-electron chi connectivity index (χ2n) is 8.08. The molecule has 1 amide bonds. The lowest BCUT2D eigenvalue weighted by atomic mass is 10.1. The van der Waals surface area contributed by atoms with Crippen LogP contribution in [-0.4, -0.2) is 36.6 Å². The molecule has 2 N–H and O–H groups in total. The van der Waals surface area contributed by atoms with Gasteiger partial charge in [0, 0.05) is 14.1 Å². The van der Waals surface area contributed by atoms with Crippen LogP contribution in [0.3, 0.4) is 0 Å². The average molecular weight is 495 g/mol. The normalized spacial score (nSPS) is 11.4. The minimum absolute atomic E-state index is 0.0256. The van der Waals surface area contributed by atoms with Crippen LogP contribution in [0.15, 0.2) is 76.4 Å². The summed E-state index contributed by atoms with van der Waals surface area (Å²) in [6.07, 6.45) is 0. The summed E-state index contributed by atoms with van der Waals surface area (Å²) in [5.74, 6) is 0.260. The van der Waals surface area contributed by atoms with E-state index in [1.54, 1.807) is 45.3 Å². The van der Waals surface area contributed by atoms with Gasteiger partial charge in [0.25, 0.3) is 15.9 Å². The van der Waals surface area contributed by atoms with E-state index in [4.69, 9.17) is 4.74 Å². The number of hydrogen-bond acceptors (Lipinski definition) is 5. The third-order valence-electron chi connectivity index (χ3n) is 5.67. The fraction of sp³-hybridized carbons (Fsp3) is 0.200. The monoisotopic (exact) mass is 494 g/mol. The highest BCUT2D eigenvalue weighted by Gasteiger charge is 2.22. The Morgan fingerprint density at radius 3 is 2.29 bits per heavy atom. The molecule has 0 radical (unpaired) electrons. The van der Waals surface area contributed by atoms with Crippen LogP contribution >= 0.6 is 0 Å². The van der Waals surface area contributed by atoms with E-state index in [1.165, 1.54) is 21.3 Å². The van der Waals surface area contributed by atoms with Gasteiger partial charge in [-0.25, -0.2) is 13.2 Å². The maximum absolute atomic E-state index is 13.3. The van der Waals surface area contributed by atoms with Crippen LogP contribution in [0.1, 0.15) is 15.9 Å². The molecule has 0 fully saturated rings. The third kappa shape index (κ3) is 4.92. The number of para-hydroxylation sites is 2. The topological polar surface area (TPSA) is 111 Å². The summed E-state index contributed by atoms with van der Waals surface area (Å²) in [5.41, 5.74) is 1.68. The van der Waals surface area contributed by atoms with E-state index in [2.05, 4.69) is 10.0 Å². The molecule has 10 heteroatoms. The largest absolute Gasteiger partial charge is 0.492 e. The zero-order chi connectivity index (χ0) is 25.2. The molecule has 9 nitrogen and oxygen atoms in total. The lowest BCUT2D eigenvalue weighted by Crippen LogP contribution is -2.29. The number of carbonyl (C=O) groups excluding carboxylic acids is 1. The Morgan fingerprint density at radius 2 is 1.57 bits per heavy atom. The summed E-state index contributed by atoms with van der Waals surface area (Å²) in [7, 11) is -0.829. The molecule has 0 atom stereocenters. The number of anilines is 1. The van der Waals surface area contributed by atoms with Crippen LogP contribution in [0.25, 0.3) is 11.0 Å². The van der Waals surface area contributed by atoms with Gasteiger partial charge in [-0.05, 0) is 48.9 Å². The Hall–Kier alpha value is -4.05. The van der Waals surface area contributed by atoms with Crippen molar-refractivity contribution in [3.63, 3.8) is 0 Å². The maximum Gasteiger partial charge on any atom is 0.328 e. The number of aryl methyl sites for hydroxylation is 3. The summed E-state index contributed by atoms with van der Waals surface area (Å²) in [4.78, 5) is 25.1. The van der Waals surface area contributed by atoms with Gasteiger partial charge in [0.15, 0.2) is 0 Å². The first-order valence-corrected chi connectivity index (χ1v) is 12.4. The van der Waals surface area contributed by atoms with Gasteiger partial charge in [-0.15, -0.1) is 0 Å². The summed E-state index contributed by atoms with van der Waals surface area (Å²) in [5, 5.41) is 2.75. The van der Waals surface area contributed by atoms with Gasteiger partial charge in [-0.1, -0.05) is 30.3 Å². The first kappa shape index (κ1) is 24.1. The number of carbonyl (C=O) groups is 1. The quantitative estimate of drug-likeness (QED) is 0.366. The minimum Gasteiger partial charge on any atom is -0.492 e. The Bertz CT molecular complexity index is 1560. The molecule has 4 rings (SSSR count). The molecule has 0 saturated carbocycles. The SMILES string of the molecule is Cc1cc2c(cc1S(=O)(=O)Nc1ccccc1C(=O)NCCOc1ccccc1)n(C)c(=O)n2C. The molecule has 0 unspecified atom stereocenters. The molecule has 182 valence electrons. The number of rotatable bonds is 8. The van der Waals surface area contributed by atoms with Crippen molar-refractivity contribution < 1.29 is 17.9 Å². The van der Waals surface area contributed by atoms with E-state index in [1.807, 2.05) is 30.3 Å². The van der Waals surface area contributed by atoms with Crippen molar-refractivity contribution in [2.75, 3.05) is 17.9 Å². The van der Waals surface area contributed by atoms with E-state index < -0.39 is 15.9 Å². The predicted molar refractivity (Wildman–Crippen MR) is 134 cm³/mol. The highest BCUT2D eigenvalue weighted by atomic mass is 32.2. The van der Waals surface area contributed by atoms with Crippen LogP contribution in [0, 0.1) is 6.92 Å². The minimum atomic E-state index is -4.05. The van der Waals surface area contributed by atoms with Gasteiger partial charge in [-0.2, -0.15) is 0 Å². The molecule has 35 heavy (non-hydrogen) atoms. The first-order chi connectivity index (χ1) is 16.7. The average Bonchev–Trinajstić information content (AvgIpc) is 3.05. The number of aromatic nitrogens is 2. The lowest BCUT2D eigenvalue weighted by molar-refractivity contribution is 0.0948. The van der Waals surface area contributed by atoms with Crippen molar-refractivity contribution in [3.8, 4) is 5.75 Å². The molecule has 0 aliphatic rings. The standard InChI is InChI=1S/C25H26N4O5S/c1-17-15-21-22(29(3)25(31)28(21)2)16-23(17)35(32,33)27-20-12-8-7-11-19(20)24(30)26-13-14-34-18-9-5-4-6-10-18/h4-12,15-16,27H,13-14H2,1-3H3,(H,26,30). The van der Waals surface area contributed by atoms with Crippen molar-refractivity contribution in [3.05, 3.63) is 88.3 Å². The number of fused-ring (bicyclic) bond motifs is 1. The van der Waals surface area contributed by atoms with Crippen molar-refractivity contribution in [2.45, 2.75) is 11.8 Å². The maximum atomic E-state index is 13.3. The molecule has 0 aliphatic carbocycles. The van der Waals surface area contributed by atoms with Gasteiger partial charge < -0.3 is 10.1 Å². The van der Waals surface area contributed by atoms with Gasteiger partial charge >= 0.3 is 5.69 Å². The van der Waals surface area contributed by atoms with Crippen molar-refractivity contribution >= 4 is 32.7 Å². The molecule has 0 saturated heterocycles. The Kier molecular flexibility index (Phi) is 6.65. The number of amides is 1. The van der Waals surface area contributed by atoms with E-state index in [0.717, 1.165) is 0 Å². The zero-order valence-corrected chi connectivity index (χ0v) is 20.4. The molecule has 3 aromatic carbocycles. The number of sulfonamides is 1. The molecule has 1 heterocycles. The highest BCUT2D eigenvalue weighted by Crippen LogP contribution is 2.26. The van der Waals surface area contributed by atoms with Crippen LogP contribution in [0.5, 0.6) is 5.75 Å². The Morgan fingerprint density at radius 1 is 0.943 bits per heavy atom. The second-order valence-corrected chi connectivity index (χ2v) is 9.73. The molecule has 0 spiro atoms. The Balaban J connectivity index is 1.53. The molecule has 0 aliphatic heterocycles. The third-order valence-corrected chi connectivity index (χ3v) is 7.18. The summed E-state index contributed by atoms with van der Waals surface area (Å²) in [6.45, 7) is 2.17. The summed E-state index contributed by atoms with van der Waals surface area (Å²) < 4.78 is 37.6. The number of imidazole rings is 1. The van der Waals surface area contributed by atoms with Gasteiger partial charge in [0.2, 0.25) is 0 Å². The van der Waals surface area contributed by atoms with Crippen molar-refractivity contribution in [1.82, 2.24) is 14.5 Å². The van der Waals surface area contributed by atoms with Crippen LogP contribution in [-0.2, 0) is 24.1 Å². The van der Waals surface area contributed by atoms with E-state index >= 15 is 0 Å². The summed E-state index contributed by atoms with van der Waals surface area (Å²) in [6, 6.07) is 18.7. The highest BCUT2D eigenvalue weighted by molar-refractivity contribution is 7.92. The molecular weight excluding hydrogens is 468 g/mol. The summed E-state index contributed by atoms with van der Waals surface area (Å²) >= 11 is 0. The number of nitrogens with zero attached hydrogens (tertiary/aromatic N) is 2. The van der Waals surface area contributed by atoms with Crippen LogP contribution in [0.2, 0.25) is 0 Å². The molecule has 1 aromatic heterocycles. The molecule has 4 aromatic rings. The van der Waals surface area contributed by atoms with Gasteiger partial charge in [0.05, 0.1) is 33.7 Å². The van der Waals surface area contributed by atoms with Crippen LogP contribution < -0.4 is 20.5 Å². The van der Waals surface area contributed by atoms with E-state index in [9.17, 15) is 18.0 Å².